The Morgan fingerprint density at radius 3 is 1.67 bits per heavy atom. The zero-order valence-corrected chi connectivity index (χ0v) is 24.1. The maximum absolute atomic E-state index is 6.85. The summed E-state index contributed by atoms with van der Waals surface area (Å²) >= 11 is 6.85. The first kappa shape index (κ1) is 25.4. The molecule has 2 nitrogen and oxygen atoms in total. The Bertz CT molecular complexity index is 2200. The fourth-order valence-corrected chi connectivity index (χ4v) is 6.44. The van der Waals surface area contributed by atoms with Gasteiger partial charge in [0, 0.05) is 38.5 Å². The summed E-state index contributed by atoms with van der Waals surface area (Å²) in [7, 11) is 0. The summed E-state index contributed by atoms with van der Waals surface area (Å²) in [4.78, 5) is 2.25. The van der Waals surface area contributed by atoms with Crippen LogP contribution in [0.1, 0.15) is 0 Å². The van der Waals surface area contributed by atoms with Gasteiger partial charge in [-0.3, -0.25) is 0 Å². The van der Waals surface area contributed by atoms with Gasteiger partial charge in [0.2, 0.25) is 0 Å². The standard InChI is InChI=1S/C40H27ClN2/c41-32-22-31(23-36(27-32)42(33-14-4-1-5-15-33)34-16-6-2-7-17-34)30-20-21-39-37(25-30)38-24-28-12-10-11-13-29(28)26-40(38)43(39)35-18-8-3-9-19-35/h1-27H. The van der Waals surface area contributed by atoms with Crippen LogP contribution in [-0.2, 0) is 0 Å². The molecular formula is C40H27ClN2. The number of fused-ring (bicyclic) bond motifs is 4. The van der Waals surface area contributed by atoms with Crippen molar-refractivity contribution in [3.8, 4) is 16.8 Å². The first-order valence-corrected chi connectivity index (χ1v) is 14.8. The monoisotopic (exact) mass is 570 g/mol. The normalized spacial score (nSPS) is 11.4. The Morgan fingerprint density at radius 2 is 1.00 bits per heavy atom. The largest absolute Gasteiger partial charge is 0.310 e. The smallest absolute Gasteiger partial charge is 0.0547 e. The van der Waals surface area contributed by atoms with Gasteiger partial charge in [0.05, 0.1) is 11.0 Å². The highest BCUT2D eigenvalue weighted by molar-refractivity contribution is 6.31. The molecule has 0 atom stereocenters. The van der Waals surface area contributed by atoms with Crippen molar-refractivity contribution in [2.75, 3.05) is 4.90 Å². The van der Waals surface area contributed by atoms with Crippen LogP contribution in [0.3, 0.4) is 0 Å². The molecule has 0 N–H and O–H groups in total. The average molecular weight is 571 g/mol. The highest BCUT2D eigenvalue weighted by Crippen LogP contribution is 2.41. The molecule has 1 heterocycles. The van der Waals surface area contributed by atoms with Crippen molar-refractivity contribution >= 4 is 61.2 Å². The number of benzene rings is 7. The van der Waals surface area contributed by atoms with E-state index in [2.05, 4.69) is 155 Å². The Labute approximate surface area is 255 Å². The van der Waals surface area contributed by atoms with Crippen LogP contribution in [0.15, 0.2) is 164 Å². The van der Waals surface area contributed by atoms with Gasteiger partial charge in [-0.15, -0.1) is 0 Å². The molecule has 8 aromatic rings. The molecule has 204 valence electrons. The predicted octanol–water partition coefficient (Wildman–Crippen LogP) is 11.7. The van der Waals surface area contributed by atoms with Crippen molar-refractivity contribution < 1.29 is 0 Å². The number of hydrogen-bond acceptors (Lipinski definition) is 1. The van der Waals surface area contributed by atoms with Crippen LogP contribution in [0.4, 0.5) is 17.1 Å². The van der Waals surface area contributed by atoms with Crippen LogP contribution in [-0.4, -0.2) is 4.57 Å². The summed E-state index contributed by atoms with van der Waals surface area (Å²) in [6, 6.07) is 57.8. The Kier molecular flexibility index (Phi) is 6.21. The lowest BCUT2D eigenvalue weighted by Crippen LogP contribution is -2.09. The first-order chi connectivity index (χ1) is 21.2. The van der Waals surface area contributed by atoms with E-state index in [4.69, 9.17) is 11.6 Å². The Morgan fingerprint density at radius 1 is 0.419 bits per heavy atom. The summed E-state index contributed by atoms with van der Waals surface area (Å²) in [5, 5.41) is 5.61. The fraction of sp³-hybridized carbons (Fsp3) is 0. The van der Waals surface area contributed by atoms with Gasteiger partial charge in [-0.2, -0.15) is 0 Å². The van der Waals surface area contributed by atoms with Crippen molar-refractivity contribution in [2.24, 2.45) is 0 Å². The molecular weight excluding hydrogens is 544 g/mol. The molecule has 7 aromatic carbocycles. The van der Waals surface area contributed by atoms with Crippen molar-refractivity contribution in [3.05, 3.63) is 169 Å². The molecule has 8 rings (SSSR count). The van der Waals surface area contributed by atoms with Crippen LogP contribution in [0.5, 0.6) is 0 Å². The fourth-order valence-electron chi connectivity index (χ4n) is 6.21. The van der Waals surface area contributed by atoms with E-state index in [1.807, 2.05) is 18.2 Å². The van der Waals surface area contributed by atoms with E-state index in [-0.39, 0.29) is 0 Å². The lowest BCUT2D eigenvalue weighted by Gasteiger charge is -2.26. The van der Waals surface area contributed by atoms with Crippen LogP contribution >= 0.6 is 11.6 Å². The number of halogens is 1. The quantitative estimate of drug-likeness (QED) is 0.200. The summed E-state index contributed by atoms with van der Waals surface area (Å²) in [6.45, 7) is 0. The van der Waals surface area contributed by atoms with E-state index in [0.29, 0.717) is 5.02 Å². The van der Waals surface area contributed by atoms with E-state index >= 15 is 0 Å². The van der Waals surface area contributed by atoms with Gasteiger partial charge in [0.15, 0.2) is 0 Å². The molecule has 0 bridgehead atoms. The van der Waals surface area contributed by atoms with Crippen LogP contribution in [0.25, 0.3) is 49.4 Å². The second-order valence-corrected chi connectivity index (χ2v) is 11.3. The molecule has 0 aliphatic carbocycles. The maximum Gasteiger partial charge on any atom is 0.0547 e. The maximum atomic E-state index is 6.85. The van der Waals surface area contributed by atoms with Crippen LogP contribution in [0, 0.1) is 0 Å². The van der Waals surface area contributed by atoms with Crippen LogP contribution in [0.2, 0.25) is 5.02 Å². The van der Waals surface area contributed by atoms with E-state index in [1.54, 1.807) is 0 Å². The molecule has 0 radical (unpaired) electrons. The Hall–Kier alpha value is -5.31. The number of para-hydroxylation sites is 3. The van der Waals surface area contributed by atoms with Crippen molar-refractivity contribution in [2.45, 2.75) is 0 Å². The molecule has 0 spiro atoms. The number of rotatable bonds is 5. The number of hydrogen-bond donors (Lipinski definition) is 0. The molecule has 0 fully saturated rings. The molecule has 0 unspecified atom stereocenters. The minimum absolute atomic E-state index is 0.696. The molecule has 3 heteroatoms. The number of anilines is 3. The summed E-state index contributed by atoms with van der Waals surface area (Å²) in [5.41, 5.74) is 8.89. The lowest BCUT2D eigenvalue weighted by molar-refractivity contribution is 1.18. The molecule has 0 aliphatic heterocycles. The molecule has 0 saturated carbocycles. The van der Waals surface area contributed by atoms with Gasteiger partial charge in [0.1, 0.15) is 0 Å². The SMILES string of the molecule is Clc1cc(-c2ccc3c(c2)c2cc4ccccc4cc2n3-c2ccccc2)cc(N(c2ccccc2)c2ccccc2)c1. The molecule has 0 aliphatic rings. The van der Waals surface area contributed by atoms with E-state index in [9.17, 15) is 0 Å². The van der Waals surface area contributed by atoms with Crippen molar-refractivity contribution in [3.63, 3.8) is 0 Å². The number of nitrogens with zero attached hydrogens (tertiary/aromatic N) is 2. The summed E-state index contributed by atoms with van der Waals surface area (Å²) in [5.74, 6) is 0. The summed E-state index contributed by atoms with van der Waals surface area (Å²) < 4.78 is 2.37. The molecule has 0 amide bonds. The highest BCUT2D eigenvalue weighted by atomic mass is 35.5. The topological polar surface area (TPSA) is 8.17 Å². The highest BCUT2D eigenvalue weighted by Gasteiger charge is 2.17. The molecule has 1 aromatic heterocycles. The third-order valence-corrected chi connectivity index (χ3v) is 8.37. The molecule has 43 heavy (non-hydrogen) atoms. The summed E-state index contributed by atoms with van der Waals surface area (Å²) in [6.07, 6.45) is 0. The van der Waals surface area contributed by atoms with Crippen molar-refractivity contribution in [1.29, 1.82) is 0 Å². The van der Waals surface area contributed by atoms with E-state index in [0.717, 1.165) is 33.9 Å². The van der Waals surface area contributed by atoms with E-state index in [1.165, 1.54) is 32.6 Å². The second kappa shape index (κ2) is 10.5. The van der Waals surface area contributed by atoms with Crippen molar-refractivity contribution in [1.82, 2.24) is 4.57 Å². The lowest BCUT2D eigenvalue weighted by atomic mass is 10.0. The first-order valence-electron chi connectivity index (χ1n) is 14.5. The second-order valence-electron chi connectivity index (χ2n) is 10.8. The van der Waals surface area contributed by atoms with Gasteiger partial charge >= 0.3 is 0 Å². The minimum Gasteiger partial charge on any atom is -0.310 e. The predicted molar refractivity (Wildman–Crippen MR) is 183 cm³/mol. The Balaban J connectivity index is 1.35. The third kappa shape index (κ3) is 4.53. The van der Waals surface area contributed by atoms with Gasteiger partial charge in [0.25, 0.3) is 0 Å². The van der Waals surface area contributed by atoms with Gasteiger partial charge in [-0.1, -0.05) is 96.5 Å². The zero-order chi connectivity index (χ0) is 28.8. The van der Waals surface area contributed by atoms with Crippen LogP contribution < -0.4 is 4.90 Å². The number of aromatic nitrogens is 1. The minimum atomic E-state index is 0.696. The van der Waals surface area contributed by atoms with Gasteiger partial charge in [-0.05, 0) is 101 Å². The third-order valence-electron chi connectivity index (χ3n) is 8.15. The molecule has 0 saturated heterocycles. The van der Waals surface area contributed by atoms with Gasteiger partial charge < -0.3 is 9.47 Å². The zero-order valence-electron chi connectivity index (χ0n) is 23.4. The van der Waals surface area contributed by atoms with Gasteiger partial charge in [-0.25, -0.2) is 0 Å². The van der Waals surface area contributed by atoms with E-state index < -0.39 is 0 Å². The average Bonchev–Trinajstić information content (AvgIpc) is 3.37.